The van der Waals surface area contributed by atoms with Crippen molar-refractivity contribution < 1.29 is 4.79 Å². The van der Waals surface area contributed by atoms with Crippen LogP contribution in [0.4, 0.5) is 5.69 Å². The number of thiazole rings is 1. The van der Waals surface area contributed by atoms with Gasteiger partial charge in [0.2, 0.25) is 5.91 Å². The number of aromatic nitrogens is 2. The third-order valence-electron chi connectivity index (χ3n) is 4.17. The van der Waals surface area contributed by atoms with Crippen molar-refractivity contribution >= 4 is 27.9 Å². The van der Waals surface area contributed by atoms with Crippen molar-refractivity contribution in [3.05, 3.63) is 42.0 Å². The lowest BCUT2D eigenvalue weighted by atomic mass is 10.0. The number of anilines is 1. The first-order valence-electron chi connectivity index (χ1n) is 7.86. The number of hydrogen-bond acceptors (Lipinski definition) is 4. The van der Waals surface area contributed by atoms with Gasteiger partial charge >= 0.3 is 0 Å². The van der Waals surface area contributed by atoms with E-state index in [2.05, 4.69) is 15.6 Å². The van der Waals surface area contributed by atoms with Crippen LogP contribution in [0.1, 0.15) is 19.3 Å². The van der Waals surface area contributed by atoms with E-state index in [0.29, 0.717) is 0 Å². The van der Waals surface area contributed by atoms with Gasteiger partial charge in [-0.25, -0.2) is 4.98 Å². The average Bonchev–Trinajstić information content (AvgIpc) is 3.18. The summed E-state index contributed by atoms with van der Waals surface area (Å²) < 4.78 is 2.02. The minimum Gasteiger partial charge on any atom is -0.325 e. The molecular weight excluding hydrogens is 308 g/mol. The lowest BCUT2D eigenvalue weighted by Gasteiger charge is -2.22. The van der Waals surface area contributed by atoms with Crippen LogP contribution in [0.25, 0.3) is 16.2 Å². The van der Waals surface area contributed by atoms with Crippen molar-refractivity contribution in [2.75, 3.05) is 11.9 Å². The van der Waals surface area contributed by atoms with Crippen molar-refractivity contribution in [2.45, 2.75) is 25.3 Å². The highest BCUT2D eigenvalue weighted by Crippen LogP contribution is 2.23. The maximum atomic E-state index is 12.2. The Labute approximate surface area is 138 Å². The Bertz CT molecular complexity index is 786. The van der Waals surface area contributed by atoms with E-state index in [4.69, 9.17) is 0 Å². The van der Waals surface area contributed by atoms with Crippen LogP contribution in [0.5, 0.6) is 0 Å². The molecule has 0 bridgehead atoms. The number of amides is 1. The zero-order valence-electron chi connectivity index (χ0n) is 12.7. The Balaban J connectivity index is 1.47. The number of nitrogens with zero attached hydrogens (tertiary/aromatic N) is 2. The van der Waals surface area contributed by atoms with Gasteiger partial charge in [-0.3, -0.25) is 9.20 Å². The molecule has 1 aliphatic heterocycles. The second-order valence-corrected chi connectivity index (χ2v) is 6.66. The molecule has 3 aromatic rings. The fourth-order valence-electron chi connectivity index (χ4n) is 2.90. The molecule has 3 heterocycles. The van der Waals surface area contributed by atoms with Gasteiger partial charge < -0.3 is 10.6 Å². The largest absolute Gasteiger partial charge is 0.325 e. The van der Waals surface area contributed by atoms with Crippen LogP contribution in [0, 0.1) is 0 Å². The number of hydrogen-bond donors (Lipinski definition) is 2. The number of piperidine rings is 1. The van der Waals surface area contributed by atoms with Crippen LogP contribution in [0.15, 0.2) is 42.0 Å². The van der Waals surface area contributed by atoms with Crippen LogP contribution in [-0.2, 0) is 4.79 Å². The van der Waals surface area contributed by atoms with Gasteiger partial charge in [0.1, 0.15) is 0 Å². The monoisotopic (exact) mass is 326 g/mol. The Morgan fingerprint density at radius 3 is 2.91 bits per heavy atom. The highest BCUT2D eigenvalue weighted by Gasteiger charge is 2.20. The predicted molar refractivity (Wildman–Crippen MR) is 92.8 cm³/mol. The Morgan fingerprint density at radius 2 is 2.17 bits per heavy atom. The molecule has 5 nitrogen and oxygen atoms in total. The van der Waals surface area contributed by atoms with Gasteiger partial charge in [0.15, 0.2) is 4.96 Å². The Morgan fingerprint density at radius 1 is 1.30 bits per heavy atom. The van der Waals surface area contributed by atoms with E-state index in [1.54, 1.807) is 11.3 Å². The first-order chi connectivity index (χ1) is 11.3. The number of carbonyl (C=O) groups excluding carboxylic acids is 1. The molecule has 1 fully saturated rings. The van der Waals surface area contributed by atoms with Crippen molar-refractivity contribution in [2.24, 2.45) is 0 Å². The summed E-state index contributed by atoms with van der Waals surface area (Å²) in [4.78, 5) is 17.8. The highest BCUT2D eigenvalue weighted by atomic mass is 32.1. The summed E-state index contributed by atoms with van der Waals surface area (Å²) in [6.45, 7) is 0.925. The molecule has 0 unspecified atom stereocenters. The highest BCUT2D eigenvalue weighted by molar-refractivity contribution is 7.15. The minimum absolute atomic E-state index is 0.0555. The molecule has 4 rings (SSSR count). The molecule has 0 radical (unpaired) electrons. The predicted octanol–water partition coefficient (Wildman–Crippen LogP) is 3.14. The van der Waals surface area contributed by atoms with Crippen LogP contribution in [0.3, 0.4) is 0 Å². The van der Waals surface area contributed by atoms with Crippen molar-refractivity contribution in [3.63, 3.8) is 0 Å². The number of benzene rings is 1. The van der Waals surface area contributed by atoms with Gasteiger partial charge in [-0.2, -0.15) is 0 Å². The van der Waals surface area contributed by atoms with E-state index >= 15 is 0 Å². The maximum Gasteiger partial charge on any atom is 0.241 e. The molecular formula is C17H18N4OS. The zero-order valence-corrected chi connectivity index (χ0v) is 13.5. The quantitative estimate of drug-likeness (QED) is 0.777. The lowest BCUT2D eigenvalue weighted by Crippen LogP contribution is -2.43. The molecule has 2 aromatic heterocycles. The fourth-order valence-corrected chi connectivity index (χ4v) is 3.60. The molecule has 0 saturated carbocycles. The second kappa shape index (κ2) is 6.14. The second-order valence-electron chi connectivity index (χ2n) is 5.79. The third-order valence-corrected chi connectivity index (χ3v) is 4.94. The molecule has 1 amide bonds. The first-order valence-corrected chi connectivity index (χ1v) is 8.74. The van der Waals surface area contributed by atoms with Crippen molar-refractivity contribution in [1.82, 2.24) is 14.7 Å². The summed E-state index contributed by atoms with van der Waals surface area (Å²) in [7, 11) is 0. The van der Waals surface area contributed by atoms with Crippen molar-refractivity contribution in [3.8, 4) is 11.3 Å². The molecule has 1 aliphatic rings. The first kappa shape index (κ1) is 14.4. The summed E-state index contributed by atoms with van der Waals surface area (Å²) in [5, 5.41) is 8.27. The molecule has 1 aromatic carbocycles. The van der Waals surface area contributed by atoms with E-state index in [-0.39, 0.29) is 11.9 Å². The standard InChI is InChI=1S/C17H18N4OS/c22-16(14-3-1-2-8-18-14)19-13-6-4-12(5-7-13)15-11-21-9-10-23-17(21)20-15/h4-7,9-11,14,18H,1-3,8H2,(H,19,22)/t14-/m1/s1. The van der Waals surface area contributed by atoms with E-state index in [1.807, 2.05) is 46.4 Å². The number of imidazole rings is 1. The molecule has 0 spiro atoms. The number of fused-ring (bicyclic) bond motifs is 1. The van der Waals surface area contributed by atoms with Crippen LogP contribution in [-0.4, -0.2) is 27.9 Å². The van der Waals surface area contributed by atoms with Crippen LogP contribution < -0.4 is 10.6 Å². The molecule has 6 heteroatoms. The SMILES string of the molecule is O=C(Nc1ccc(-c2cn3ccsc3n2)cc1)[C@H]1CCCCN1. The third kappa shape index (κ3) is 3.00. The number of rotatable bonds is 3. The maximum absolute atomic E-state index is 12.2. The summed E-state index contributed by atoms with van der Waals surface area (Å²) in [5.41, 5.74) is 2.82. The Kier molecular flexibility index (Phi) is 3.85. The molecule has 0 aliphatic carbocycles. The molecule has 1 atom stereocenters. The summed E-state index contributed by atoms with van der Waals surface area (Å²) in [6, 6.07) is 7.79. The minimum atomic E-state index is -0.0663. The topological polar surface area (TPSA) is 58.4 Å². The normalized spacial score (nSPS) is 18.2. The smallest absolute Gasteiger partial charge is 0.241 e. The van der Waals surface area contributed by atoms with Crippen LogP contribution in [0.2, 0.25) is 0 Å². The molecule has 2 N–H and O–H groups in total. The molecule has 118 valence electrons. The molecule has 1 saturated heterocycles. The van der Waals surface area contributed by atoms with Crippen molar-refractivity contribution in [1.29, 1.82) is 0 Å². The van der Waals surface area contributed by atoms with Gasteiger partial charge in [-0.15, -0.1) is 11.3 Å². The van der Waals surface area contributed by atoms with Gasteiger partial charge in [0.05, 0.1) is 11.7 Å². The van der Waals surface area contributed by atoms with Gasteiger partial charge in [0.25, 0.3) is 0 Å². The molecule has 23 heavy (non-hydrogen) atoms. The Hall–Kier alpha value is -2.18. The van der Waals surface area contributed by atoms with E-state index in [9.17, 15) is 4.79 Å². The number of nitrogens with one attached hydrogen (secondary N) is 2. The summed E-state index contributed by atoms with van der Waals surface area (Å²) >= 11 is 1.62. The van der Waals surface area contributed by atoms with Gasteiger partial charge in [-0.05, 0) is 31.5 Å². The fraction of sp³-hybridized carbons (Fsp3) is 0.294. The lowest BCUT2D eigenvalue weighted by molar-refractivity contribution is -0.118. The summed E-state index contributed by atoms with van der Waals surface area (Å²) in [6.07, 6.45) is 7.20. The van der Waals surface area contributed by atoms with Gasteiger partial charge in [0, 0.05) is 29.0 Å². The van der Waals surface area contributed by atoms with E-state index < -0.39 is 0 Å². The zero-order chi connectivity index (χ0) is 15.6. The van der Waals surface area contributed by atoms with Crippen LogP contribution >= 0.6 is 11.3 Å². The summed E-state index contributed by atoms with van der Waals surface area (Å²) in [5.74, 6) is 0.0555. The van der Waals surface area contributed by atoms with E-state index in [0.717, 1.165) is 47.7 Å². The number of carbonyl (C=O) groups is 1. The average molecular weight is 326 g/mol. The van der Waals surface area contributed by atoms with Gasteiger partial charge in [-0.1, -0.05) is 18.6 Å². The van der Waals surface area contributed by atoms with E-state index in [1.165, 1.54) is 0 Å².